The number of aromatic nitrogens is 2. The van der Waals surface area contributed by atoms with Gasteiger partial charge in [0.15, 0.2) is 0 Å². The van der Waals surface area contributed by atoms with E-state index in [0.29, 0.717) is 5.69 Å². The molecule has 0 radical (unpaired) electrons. The zero-order chi connectivity index (χ0) is 18.0. The Kier molecular flexibility index (Phi) is 5.04. The molecule has 2 heterocycles. The minimum Gasteiger partial charge on any atom is -0.325 e. The third-order valence-corrected chi connectivity index (χ3v) is 6.16. The predicted octanol–water partition coefficient (Wildman–Crippen LogP) is 2.46. The number of hydrogen-bond acceptors (Lipinski definition) is 7. The number of rotatable bonds is 5. The Bertz CT molecular complexity index is 1030. The second kappa shape index (κ2) is 7.08. The van der Waals surface area contributed by atoms with Crippen LogP contribution >= 0.6 is 23.1 Å². The molecule has 0 saturated heterocycles. The SMILES string of the molecule is C[C@H](Sc1ncnc2sccc12)C(=O)Nc1cccc(S(N)(=O)=O)c1. The highest BCUT2D eigenvalue weighted by Gasteiger charge is 2.18. The topological polar surface area (TPSA) is 115 Å². The summed E-state index contributed by atoms with van der Waals surface area (Å²) in [6.45, 7) is 1.75. The molecule has 0 spiro atoms. The number of thiophene rings is 1. The van der Waals surface area contributed by atoms with Crippen molar-refractivity contribution in [3.8, 4) is 0 Å². The van der Waals surface area contributed by atoms with Crippen molar-refractivity contribution in [1.82, 2.24) is 9.97 Å². The van der Waals surface area contributed by atoms with E-state index in [4.69, 9.17) is 5.14 Å². The Labute approximate surface area is 152 Å². The Balaban J connectivity index is 1.74. The Hall–Kier alpha value is -2.01. The summed E-state index contributed by atoms with van der Waals surface area (Å²) in [6, 6.07) is 7.74. The molecule has 0 bridgehead atoms. The van der Waals surface area contributed by atoms with Crippen LogP contribution < -0.4 is 10.5 Å². The number of carbonyl (C=O) groups is 1. The molecule has 7 nitrogen and oxygen atoms in total. The van der Waals surface area contributed by atoms with Gasteiger partial charge in [0.1, 0.15) is 16.2 Å². The van der Waals surface area contributed by atoms with E-state index in [2.05, 4.69) is 15.3 Å². The van der Waals surface area contributed by atoms with Gasteiger partial charge in [-0.2, -0.15) is 0 Å². The molecular formula is C15H14N4O3S3. The monoisotopic (exact) mass is 394 g/mol. The van der Waals surface area contributed by atoms with Crippen LogP contribution in [0.2, 0.25) is 0 Å². The summed E-state index contributed by atoms with van der Waals surface area (Å²) in [6.07, 6.45) is 1.47. The molecule has 3 aromatic rings. The number of nitrogens with one attached hydrogen (secondary N) is 1. The molecule has 10 heteroatoms. The van der Waals surface area contributed by atoms with Gasteiger partial charge in [-0.1, -0.05) is 17.8 Å². The molecular weight excluding hydrogens is 380 g/mol. The lowest BCUT2D eigenvalue weighted by atomic mass is 10.3. The van der Waals surface area contributed by atoms with Gasteiger partial charge in [-0.25, -0.2) is 23.5 Å². The molecule has 0 fully saturated rings. The molecule has 0 aliphatic heterocycles. The summed E-state index contributed by atoms with van der Waals surface area (Å²) in [5, 5.41) is 10.9. The van der Waals surface area contributed by atoms with E-state index in [1.807, 2.05) is 11.4 Å². The maximum Gasteiger partial charge on any atom is 0.238 e. The third kappa shape index (κ3) is 4.15. The van der Waals surface area contributed by atoms with Gasteiger partial charge in [-0.05, 0) is 36.6 Å². The highest BCUT2D eigenvalue weighted by Crippen LogP contribution is 2.30. The maximum absolute atomic E-state index is 12.4. The number of benzene rings is 1. The quantitative estimate of drug-likeness (QED) is 0.507. The fourth-order valence-corrected chi connectivity index (χ4v) is 4.33. The van der Waals surface area contributed by atoms with Gasteiger partial charge in [-0.15, -0.1) is 11.3 Å². The van der Waals surface area contributed by atoms with E-state index in [0.717, 1.165) is 15.2 Å². The summed E-state index contributed by atoms with van der Waals surface area (Å²) in [4.78, 5) is 21.6. The van der Waals surface area contributed by atoms with Crippen LogP contribution in [0.3, 0.4) is 0 Å². The molecule has 1 atom stereocenters. The lowest BCUT2D eigenvalue weighted by Crippen LogP contribution is -2.23. The number of nitrogens with zero attached hydrogens (tertiary/aromatic N) is 2. The largest absolute Gasteiger partial charge is 0.325 e. The van der Waals surface area contributed by atoms with Crippen molar-refractivity contribution in [2.45, 2.75) is 22.1 Å². The standard InChI is InChI=1S/C15H14N4O3S3/c1-9(24-15-12-5-6-23-14(12)17-8-18-15)13(20)19-10-3-2-4-11(7-10)25(16,21)22/h2-9H,1H3,(H,19,20)(H2,16,21,22)/t9-/m0/s1. The van der Waals surface area contributed by atoms with Crippen molar-refractivity contribution < 1.29 is 13.2 Å². The first-order valence-electron chi connectivity index (χ1n) is 7.13. The number of carbonyl (C=O) groups excluding carboxylic acids is 1. The average molecular weight is 395 g/mol. The fourth-order valence-electron chi connectivity index (χ4n) is 2.08. The molecule has 3 N–H and O–H groups in total. The van der Waals surface area contributed by atoms with Crippen LogP contribution in [0.4, 0.5) is 5.69 Å². The van der Waals surface area contributed by atoms with E-state index in [1.54, 1.807) is 13.0 Å². The van der Waals surface area contributed by atoms with Gasteiger partial charge >= 0.3 is 0 Å². The molecule has 130 valence electrons. The van der Waals surface area contributed by atoms with Gasteiger partial charge in [-0.3, -0.25) is 4.79 Å². The molecule has 1 aromatic carbocycles. The van der Waals surface area contributed by atoms with Crippen LogP contribution in [0.1, 0.15) is 6.92 Å². The summed E-state index contributed by atoms with van der Waals surface area (Å²) in [7, 11) is -3.82. The maximum atomic E-state index is 12.4. The Morgan fingerprint density at radius 1 is 1.32 bits per heavy atom. The number of nitrogens with two attached hydrogens (primary N) is 1. The molecule has 3 rings (SSSR count). The fraction of sp³-hybridized carbons (Fsp3) is 0.133. The number of thioether (sulfide) groups is 1. The zero-order valence-electron chi connectivity index (χ0n) is 13.0. The van der Waals surface area contributed by atoms with E-state index in [9.17, 15) is 13.2 Å². The number of fused-ring (bicyclic) bond motifs is 1. The summed E-state index contributed by atoms with van der Waals surface area (Å²) < 4.78 is 22.8. The lowest BCUT2D eigenvalue weighted by Gasteiger charge is -2.12. The third-order valence-electron chi connectivity index (χ3n) is 3.31. The highest BCUT2D eigenvalue weighted by molar-refractivity contribution is 8.00. The van der Waals surface area contributed by atoms with Crippen molar-refractivity contribution in [1.29, 1.82) is 0 Å². The van der Waals surface area contributed by atoms with Crippen LogP contribution in [0.15, 0.2) is 52.0 Å². The smallest absolute Gasteiger partial charge is 0.238 e. The first-order chi connectivity index (χ1) is 11.8. The minimum atomic E-state index is -3.82. The average Bonchev–Trinajstić information content (AvgIpc) is 3.04. The first kappa shape index (κ1) is 17.8. The van der Waals surface area contributed by atoms with Crippen LogP contribution in [0.25, 0.3) is 10.2 Å². The predicted molar refractivity (Wildman–Crippen MR) is 99.2 cm³/mol. The molecule has 0 aliphatic carbocycles. The molecule has 0 unspecified atom stereocenters. The molecule has 25 heavy (non-hydrogen) atoms. The van der Waals surface area contributed by atoms with Gasteiger partial charge < -0.3 is 5.32 Å². The normalized spacial score (nSPS) is 12.9. The van der Waals surface area contributed by atoms with Crippen LogP contribution in [-0.2, 0) is 14.8 Å². The van der Waals surface area contributed by atoms with Crippen molar-refractivity contribution in [3.05, 3.63) is 42.0 Å². The van der Waals surface area contributed by atoms with Crippen molar-refractivity contribution >= 4 is 54.9 Å². The van der Waals surface area contributed by atoms with Gasteiger partial charge in [0.05, 0.1) is 10.1 Å². The molecule has 2 aromatic heterocycles. The minimum absolute atomic E-state index is 0.0543. The number of sulfonamides is 1. The second-order valence-electron chi connectivity index (χ2n) is 5.14. The summed E-state index contributed by atoms with van der Waals surface area (Å²) in [5.74, 6) is -0.265. The summed E-state index contributed by atoms with van der Waals surface area (Å²) >= 11 is 2.83. The van der Waals surface area contributed by atoms with E-state index < -0.39 is 15.3 Å². The highest BCUT2D eigenvalue weighted by atomic mass is 32.2. The van der Waals surface area contributed by atoms with Gasteiger partial charge in [0, 0.05) is 11.1 Å². The molecule has 0 aliphatic rings. The van der Waals surface area contributed by atoms with E-state index in [1.165, 1.54) is 47.6 Å². The van der Waals surface area contributed by atoms with E-state index in [-0.39, 0.29) is 10.8 Å². The second-order valence-corrected chi connectivity index (χ2v) is 8.93. The van der Waals surface area contributed by atoms with E-state index >= 15 is 0 Å². The molecule has 1 amide bonds. The zero-order valence-corrected chi connectivity index (χ0v) is 15.5. The number of hydrogen-bond donors (Lipinski definition) is 2. The van der Waals surface area contributed by atoms with Crippen molar-refractivity contribution in [2.24, 2.45) is 5.14 Å². The Morgan fingerprint density at radius 3 is 2.88 bits per heavy atom. The summed E-state index contributed by atoms with van der Waals surface area (Å²) in [5.41, 5.74) is 0.368. The first-order valence-corrected chi connectivity index (χ1v) is 10.4. The lowest BCUT2D eigenvalue weighted by molar-refractivity contribution is -0.115. The Morgan fingerprint density at radius 2 is 2.12 bits per heavy atom. The van der Waals surface area contributed by atoms with Crippen molar-refractivity contribution in [3.63, 3.8) is 0 Å². The number of anilines is 1. The van der Waals surface area contributed by atoms with Crippen LogP contribution in [0, 0.1) is 0 Å². The molecule has 0 saturated carbocycles. The van der Waals surface area contributed by atoms with Crippen LogP contribution in [-0.4, -0.2) is 29.5 Å². The number of primary sulfonamides is 1. The van der Waals surface area contributed by atoms with Crippen LogP contribution in [0.5, 0.6) is 0 Å². The van der Waals surface area contributed by atoms with Gasteiger partial charge in [0.25, 0.3) is 0 Å². The van der Waals surface area contributed by atoms with Crippen molar-refractivity contribution in [2.75, 3.05) is 5.32 Å². The number of amides is 1. The van der Waals surface area contributed by atoms with Gasteiger partial charge in [0.2, 0.25) is 15.9 Å².